The highest BCUT2D eigenvalue weighted by molar-refractivity contribution is 6.30. The molecule has 0 atom stereocenters. The fourth-order valence-electron chi connectivity index (χ4n) is 0.913. The standard InChI is InChI=1S/C6H4N3.Al.2H/c1-2-8-9-4-3-7-5-6(1)9;;;/h1-2,4-5H;;;. The predicted octanol–water partition coefficient (Wildman–Crippen LogP) is -1.01. The van der Waals surface area contributed by atoms with Crippen molar-refractivity contribution < 1.29 is 0 Å². The molecule has 0 aliphatic carbocycles. The maximum Gasteiger partial charge on any atom is 0.292 e. The van der Waals surface area contributed by atoms with Crippen LogP contribution in [0.1, 0.15) is 0 Å². The Morgan fingerprint density at radius 2 is 2.40 bits per heavy atom. The van der Waals surface area contributed by atoms with Gasteiger partial charge in [0.25, 0.3) is 16.3 Å². The monoisotopic (exact) mass is 147 g/mol. The van der Waals surface area contributed by atoms with E-state index < -0.39 is 0 Å². The van der Waals surface area contributed by atoms with Crippen molar-refractivity contribution in [1.82, 2.24) is 14.6 Å². The van der Waals surface area contributed by atoms with Gasteiger partial charge < -0.3 is 0 Å². The quantitative estimate of drug-likeness (QED) is 0.447. The van der Waals surface area contributed by atoms with Crippen molar-refractivity contribution in [3.05, 3.63) is 24.7 Å². The zero-order chi connectivity index (χ0) is 6.97. The van der Waals surface area contributed by atoms with E-state index in [4.69, 9.17) is 0 Å². The van der Waals surface area contributed by atoms with Crippen molar-refractivity contribution >= 4 is 26.4 Å². The second-order valence-corrected chi connectivity index (χ2v) is 3.25. The van der Waals surface area contributed by atoms with E-state index in [1.165, 1.54) is 0 Å². The number of aromatic nitrogens is 3. The average Bonchev–Trinajstić information content (AvgIpc) is 2.33. The Balaban J connectivity index is 2.86. The Hall–Kier alpha value is -0.848. The van der Waals surface area contributed by atoms with E-state index >= 15 is 0 Å². The zero-order valence-electron chi connectivity index (χ0n) is 5.65. The highest BCUT2D eigenvalue weighted by Gasteiger charge is 1.91. The molecule has 0 bridgehead atoms. The van der Waals surface area contributed by atoms with Crippen molar-refractivity contribution in [3.63, 3.8) is 0 Å². The Bertz CT molecular complexity index is 355. The molecule has 2 heterocycles. The van der Waals surface area contributed by atoms with Gasteiger partial charge in [0.1, 0.15) is 0 Å². The SMILES string of the molecule is [AlH2][c]1cn2nccc2cn1. The second kappa shape index (κ2) is 2.08. The fraction of sp³-hybridized carbons (Fsp3) is 0. The van der Waals surface area contributed by atoms with Crippen molar-refractivity contribution in [3.8, 4) is 0 Å². The molecule has 0 amide bonds. The van der Waals surface area contributed by atoms with E-state index in [1.54, 1.807) is 6.20 Å². The average molecular weight is 147 g/mol. The molecule has 0 saturated carbocycles. The summed E-state index contributed by atoms with van der Waals surface area (Å²) in [6.07, 6.45) is 5.58. The molecule has 0 radical (unpaired) electrons. The van der Waals surface area contributed by atoms with Gasteiger partial charge in [0.15, 0.2) is 0 Å². The van der Waals surface area contributed by atoms with Crippen molar-refractivity contribution in [2.24, 2.45) is 0 Å². The van der Waals surface area contributed by atoms with Gasteiger partial charge in [-0.3, -0.25) is 4.98 Å². The van der Waals surface area contributed by atoms with Crippen LogP contribution in [-0.4, -0.2) is 30.9 Å². The first-order chi connectivity index (χ1) is 4.86. The lowest BCUT2D eigenvalue weighted by Crippen LogP contribution is -2.09. The molecule has 0 spiro atoms. The van der Waals surface area contributed by atoms with Gasteiger partial charge in [0.05, 0.1) is 17.9 Å². The zero-order valence-corrected chi connectivity index (χ0v) is 7.65. The molecule has 2 rings (SSSR count). The second-order valence-electron chi connectivity index (χ2n) is 2.23. The molecule has 10 heavy (non-hydrogen) atoms. The lowest BCUT2D eigenvalue weighted by atomic mass is 10.5. The summed E-state index contributed by atoms with van der Waals surface area (Å²) in [6.45, 7) is 0. The third-order valence-electron chi connectivity index (χ3n) is 1.41. The molecule has 0 aliphatic rings. The summed E-state index contributed by atoms with van der Waals surface area (Å²) in [5.74, 6) is 0. The molecule has 2 aromatic rings. The predicted molar refractivity (Wildman–Crippen MR) is 41.2 cm³/mol. The highest BCUT2D eigenvalue weighted by Crippen LogP contribution is 1.94. The first-order valence-electron chi connectivity index (χ1n) is 3.12. The molecular weight excluding hydrogens is 141 g/mol. The summed E-state index contributed by atoms with van der Waals surface area (Å²) in [4.78, 5) is 4.18. The van der Waals surface area contributed by atoms with Crippen molar-refractivity contribution in [1.29, 1.82) is 0 Å². The van der Waals surface area contributed by atoms with E-state index in [-0.39, 0.29) is 0 Å². The fourth-order valence-corrected chi connectivity index (χ4v) is 1.29. The van der Waals surface area contributed by atoms with E-state index in [9.17, 15) is 0 Å². The first kappa shape index (κ1) is 5.90. The molecule has 0 saturated heterocycles. The Labute approximate surface area is 66.1 Å². The summed E-state index contributed by atoms with van der Waals surface area (Å²) in [5, 5.41) is 4.08. The minimum absolute atomic E-state index is 0.983. The van der Waals surface area contributed by atoms with Crippen molar-refractivity contribution in [2.45, 2.75) is 0 Å². The summed E-state index contributed by atoms with van der Waals surface area (Å²) in [7, 11) is 0. The molecule has 3 nitrogen and oxygen atoms in total. The maximum atomic E-state index is 4.18. The van der Waals surface area contributed by atoms with Gasteiger partial charge in [0.2, 0.25) is 0 Å². The van der Waals surface area contributed by atoms with Crippen LogP contribution in [0.4, 0.5) is 0 Å². The topological polar surface area (TPSA) is 30.2 Å². The van der Waals surface area contributed by atoms with Gasteiger partial charge in [-0.05, 0) is 10.6 Å². The minimum atomic E-state index is 0.983. The van der Waals surface area contributed by atoms with Gasteiger partial charge >= 0.3 is 0 Å². The van der Waals surface area contributed by atoms with Crippen molar-refractivity contribution in [2.75, 3.05) is 0 Å². The Morgan fingerprint density at radius 1 is 1.50 bits per heavy atom. The van der Waals surface area contributed by atoms with Crippen LogP contribution < -0.4 is 4.56 Å². The van der Waals surface area contributed by atoms with Gasteiger partial charge in [0, 0.05) is 6.20 Å². The molecule has 4 heteroatoms. The van der Waals surface area contributed by atoms with Crippen LogP contribution in [-0.2, 0) is 0 Å². The summed E-state index contributed by atoms with van der Waals surface area (Å²) < 4.78 is 2.96. The summed E-state index contributed by atoms with van der Waals surface area (Å²) in [6, 6.07) is 1.94. The van der Waals surface area contributed by atoms with Gasteiger partial charge in [-0.1, -0.05) is 0 Å². The van der Waals surface area contributed by atoms with Crippen LogP contribution in [0.25, 0.3) is 5.52 Å². The van der Waals surface area contributed by atoms with Crippen LogP contribution in [0.3, 0.4) is 0 Å². The van der Waals surface area contributed by atoms with Crippen LogP contribution in [0.15, 0.2) is 24.7 Å². The number of fused-ring (bicyclic) bond motifs is 1. The number of rotatable bonds is 0. The number of nitrogens with zero attached hydrogens (tertiary/aromatic N) is 3. The lowest BCUT2D eigenvalue weighted by molar-refractivity contribution is 0.955. The third kappa shape index (κ3) is 0.822. The summed E-state index contributed by atoms with van der Waals surface area (Å²) >= 11 is 0.983. The Kier molecular flexibility index (Phi) is 1.23. The molecule has 2 aromatic heterocycles. The van der Waals surface area contributed by atoms with Gasteiger partial charge in [-0.2, -0.15) is 5.10 Å². The largest absolute Gasteiger partial charge is 0.292 e. The molecule has 0 fully saturated rings. The van der Waals surface area contributed by atoms with Crippen LogP contribution in [0.5, 0.6) is 0 Å². The molecule has 0 aromatic carbocycles. The molecule has 0 N–H and O–H groups in total. The van der Waals surface area contributed by atoms with E-state index in [0.29, 0.717) is 0 Å². The first-order valence-corrected chi connectivity index (χ1v) is 4.12. The van der Waals surface area contributed by atoms with Gasteiger partial charge in [-0.25, -0.2) is 4.52 Å². The Morgan fingerprint density at radius 3 is 3.30 bits per heavy atom. The smallest absolute Gasteiger partial charge is 0.277 e. The lowest BCUT2D eigenvalue weighted by Gasteiger charge is -1.92. The molecule has 48 valence electrons. The van der Waals surface area contributed by atoms with Gasteiger partial charge in [-0.15, -0.1) is 0 Å². The third-order valence-corrected chi connectivity index (χ3v) is 1.93. The van der Waals surface area contributed by atoms with E-state index in [1.807, 2.05) is 23.0 Å². The van der Waals surface area contributed by atoms with Crippen LogP contribution in [0, 0.1) is 0 Å². The van der Waals surface area contributed by atoms with Crippen LogP contribution >= 0.6 is 0 Å². The molecule has 0 aliphatic heterocycles. The summed E-state index contributed by atoms with van der Waals surface area (Å²) in [5.41, 5.74) is 1.06. The van der Waals surface area contributed by atoms with E-state index in [0.717, 1.165) is 26.4 Å². The van der Waals surface area contributed by atoms with E-state index in [2.05, 4.69) is 10.1 Å². The molecular formula is C6H6AlN3. The van der Waals surface area contributed by atoms with Crippen LogP contribution in [0.2, 0.25) is 0 Å². The highest BCUT2D eigenvalue weighted by atomic mass is 27.0. The maximum absolute atomic E-state index is 4.18. The minimum Gasteiger partial charge on any atom is -0.277 e. The number of hydrogen-bond donors (Lipinski definition) is 0. The normalized spacial score (nSPS) is 10.4. The molecule has 0 unspecified atom stereocenters. The number of hydrogen-bond acceptors (Lipinski definition) is 2.